The first kappa shape index (κ1) is 15.9. The molecule has 0 radical (unpaired) electrons. The number of fused-ring (bicyclic) bond motifs is 1. The van der Waals surface area contributed by atoms with Gasteiger partial charge in [0.05, 0.1) is 5.52 Å². The van der Waals surface area contributed by atoms with Gasteiger partial charge < -0.3 is 5.32 Å². The second-order valence-electron chi connectivity index (χ2n) is 5.56. The predicted octanol–water partition coefficient (Wildman–Crippen LogP) is 6.35. The number of benzene rings is 3. The van der Waals surface area contributed by atoms with Crippen LogP contribution in [-0.2, 0) is 0 Å². The maximum atomic E-state index is 6.15. The Morgan fingerprint density at radius 2 is 1.44 bits per heavy atom. The molecule has 0 aliphatic rings. The van der Waals surface area contributed by atoms with E-state index in [0.29, 0.717) is 15.9 Å². The van der Waals surface area contributed by atoms with Crippen LogP contribution in [0.25, 0.3) is 22.3 Å². The number of anilines is 2. The maximum Gasteiger partial charge on any atom is 0.162 e. The fourth-order valence-electron chi connectivity index (χ4n) is 2.58. The second kappa shape index (κ2) is 6.71. The van der Waals surface area contributed by atoms with Crippen LogP contribution in [0.5, 0.6) is 0 Å². The normalized spacial score (nSPS) is 10.8. The van der Waals surface area contributed by atoms with Crippen LogP contribution in [0, 0.1) is 0 Å². The van der Waals surface area contributed by atoms with E-state index in [9.17, 15) is 0 Å². The van der Waals surface area contributed by atoms with Gasteiger partial charge in [-0.05, 0) is 54.6 Å². The summed E-state index contributed by atoms with van der Waals surface area (Å²) in [6.45, 7) is 0. The highest BCUT2D eigenvalue weighted by Crippen LogP contribution is 2.29. The molecule has 1 heterocycles. The van der Waals surface area contributed by atoms with Crippen molar-refractivity contribution in [3.63, 3.8) is 0 Å². The van der Waals surface area contributed by atoms with Gasteiger partial charge in [-0.3, -0.25) is 0 Å². The third-order valence-corrected chi connectivity index (χ3v) is 4.28. The van der Waals surface area contributed by atoms with Crippen LogP contribution in [0.3, 0.4) is 0 Å². The summed E-state index contributed by atoms with van der Waals surface area (Å²) in [5.74, 6) is 1.35. The Labute approximate surface area is 155 Å². The van der Waals surface area contributed by atoms with Gasteiger partial charge in [0, 0.05) is 26.7 Å². The quantitative estimate of drug-likeness (QED) is 0.459. The van der Waals surface area contributed by atoms with Crippen molar-refractivity contribution >= 4 is 45.6 Å². The van der Waals surface area contributed by atoms with E-state index in [-0.39, 0.29) is 0 Å². The Morgan fingerprint density at radius 1 is 0.720 bits per heavy atom. The van der Waals surface area contributed by atoms with E-state index in [0.717, 1.165) is 28.0 Å². The SMILES string of the molecule is Clc1ccc(-c2nc(Nc3ccccc3)c3ccc(Cl)cc3n2)cc1. The molecule has 0 aliphatic carbocycles. The molecule has 0 fully saturated rings. The van der Waals surface area contributed by atoms with E-state index >= 15 is 0 Å². The van der Waals surface area contributed by atoms with Crippen LogP contribution < -0.4 is 5.32 Å². The Balaban J connectivity index is 1.88. The van der Waals surface area contributed by atoms with E-state index < -0.39 is 0 Å². The molecule has 0 saturated heterocycles. The molecule has 0 atom stereocenters. The summed E-state index contributed by atoms with van der Waals surface area (Å²) < 4.78 is 0. The third-order valence-electron chi connectivity index (χ3n) is 3.80. The molecule has 4 aromatic rings. The fourth-order valence-corrected chi connectivity index (χ4v) is 2.88. The minimum absolute atomic E-state index is 0.616. The molecule has 122 valence electrons. The van der Waals surface area contributed by atoms with Crippen molar-refractivity contribution in [2.45, 2.75) is 0 Å². The van der Waals surface area contributed by atoms with Gasteiger partial charge >= 0.3 is 0 Å². The number of aromatic nitrogens is 2. The number of nitrogens with one attached hydrogen (secondary N) is 1. The lowest BCUT2D eigenvalue weighted by molar-refractivity contribution is 1.22. The predicted molar refractivity (Wildman–Crippen MR) is 105 cm³/mol. The lowest BCUT2D eigenvalue weighted by atomic mass is 10.1. The molecule has 0 spiro atoms. The molecule has 1 aromatic heterocycles. The highest BCUT2D eigenvalue weighted by atomic mass is 35.5. The monoisotopic (exact) mass is 365 g/mol. The van der Waals surface area contributed by atoms with Crippen molar-refractivity contribution in [2.24, 2.45) is 0 Å². The average molecular weight is 366 g/mol. The molecule has 0 aliphatic heterocycles. The summed E-state index contributed by atoms with van der Waals surface area (Å²) in [6, 6.07) is 23.0. The Kier molecular flexibility index (Phi) is 4.26. The third kappa shape index (κ3) is 3.43. The first-order valence-electron chi connectivity index (χ1n) is 7.74. The van der Waals surface area contributed by atoms with Crippen LogP contribution >= 0.6 is 23.2 Å². The largest absolute Gasteiger partial charge is 0.340 e. The maximum absolute atomic E-state index is 6.15. The van der Waals surface area contributed by atoms with Gasteiger partial charge in [-0.25, -0.2) is 9.97 Å². The zero-order valence-corrected chi connectivity index (χ0v) is 14.6. The molecule has 25 heavy (non-hydrogen) atoms. The molecule has 3 nitrogen and oxygen atoms in total. The van der Waals surface area contributed by atoms with Gasteiger partial charge in [0.2, 0.25) is 0 Å². The van der Waals surface area contributed by atoms with Gasteiger partial charge in [0.15, 0.2) is 5.82 Å². The standard InChI is InChI=1S/C20H13Cl2N3/c21-14-8-6-13(7-9-14)19-24-18-12-15(22)10-11-17(18)20(25-19)23-16-4-2-1-3-5-16/h1-12H,(H,23,24,25). The molecular formula is C20H13Cl2N3. The van der Waals surface area contributed by atoms with Crippen molar-refractivity contribution in [3.05, 3.63) is 82.8 Å². The first-order chi connectivity index (χ1) is 12.2. The Morgan fingerprint density at radius 3 is 2.20 bits per heavy atom. The van der Waals surface area contributed by atoms with E-state index in [4.69, 9.17) is 28.2 Å². The summed E-state index contributed by atoms with van der Waals surface area (Å²) in [5, 5.41) is 5.59. The molecule has 0 saturated carbocycles. The number of hydrogen-bond acceptors (Lipinski definition) is 3. The van der Waals surface area contributed by atoms with E-state index in [1.807, 2.05) is 72.8 Å². The molecule has 5 heteroatoms. The van der Waals surface area contributed by atoms with Gasteiger partial charge in [0.1, 0.15) is 5.82 Å². The molecule has 3 aromatic carbocycles. The van der Waals surface area contributed by atoms with Crippen molar-refractivity contribution in [2.75, 3.05) is 5.32 Å². The van der Waals surface area contributed by atoms with Crippen LogP contribution in [0.4, 0.5) is 11.5 Å². The van der Waals surface area contributed by atoms with Gasteiger partial charge in [0.25, 0.3) is 0 Å². The average Bonchev–Trinajstić information content (AvgIpc) is 2.62. The lowest BCUT2D eigenvalue weighted by Gasteiger charge is -2.11. The van der Waals surface area contributed by atoms with Crippen LogP contribution in [0.2, 0.25) is 10.0 Å². The molecule has 1 N–H and O–H groups in total. The van der Waals surface area contributed by atoms with Crippen molar-refractivity contribution in [1.82, 2.24) is 9.97 Å². The minimum atomic E-state index is 0.616. The summed E-state index contributed by atoms with van der Waals surface area (Å²) in [4.78, 5) is 9.38. The Hall–Kier alpha value is -2.62. The minimum Gasteiger partial charge on any atom is -0.340 e. The highest BCUT2D eigenvalue weighted by molar-refractivity contribution is 6.31. The van der Waals surface area contributed by atoms with E-state index in [2.05, 4.69) is 10.3 Å². The Bertz CT molecular complexity index is 1030. The van der Waals surface area contributed by atoms with Crippen molar-refractivity contribution in [3.8, 4) is 11.4 Å². The van der Waals surface area contributed by atoms with Gasteiger partial charge in [-0.1, -0.05) is 41.4 Å². The number of halogens is 2. The molecular weight excluding hydrogens is 353 g/mol. The first-order valence-corrected chi connectivity index (χ1v) is 8.50. The smallest absolute Gasteiger partial charge is 0.162 e. The highest BCUT2D eigenvalue weighted by Gasteiger charge is 2.10. The van der Waals surface area contributed by atoms with E-state index in [1.54, 1.807) is 0 Å². The zero-order chi connectivity index (χ0) is 17.2. The molecule has 4 rings (SSSR count). The van der Waals surface area contributed by atoms with Gasteiger partial charge in [-0.15, -0.1) is 0 Å². The summed E-state index contributed by atoms with van der Waals surface area (Å²) in [7, 11) is 0. The van der Waals surface area contributed by atoms with Crippen LogP contribution in [0.15, 0.2) is 72.8 Å². The van der Waals surface area contributed by atoms with Gasteiger partial charge in [-0.2, -0.15) is 0 Å². The summed E-state index contributed by atoms with van der Waals surface area (Å²) >= 11 is 12.1. The van der Waals surface area contributed by atoms with Crippen molar-refractivity contribution < 1.29 is 0 Å². The number of nitrogens with zero attached hydrogens (tertiary/aromatic N) is 2. The zero-order valence-electron chi connectivity index (χ0n) is 13.1. The summed E-state index contributed by atoms with van der Waals surface area (Å²) in [6.07, 6.45) is 0. The van der Waals surface area contributed by atoms with E-state index in [1.165, 1.54) is 0 Å². The van der Waals surface area contributed by atoms with Crippen LogP contribution in [0.1, 0.15) is 0 Å². The second-order valence-corrected chi connectivity index (χ2v) is 6.43. The fraction of sp³-hybridized carbons (Fsp3) is 0. The number of rotatable bonds is 3. The lowest BCUT2D eigenvalue weighted by Crippen LogP contribution is -1.99. The van der Waals surface area contributed by atoms with Crippen molar-refractivity contribution in [1.29, 1.82) is 0 Å². The molecule has 0 unspecified atom stereocenters. The summed E-state index contributed by atoms with van der Waals surface area (Å²) in [5.41, 5.74) is 2.63. The topological polar surface area (TPSA) is 37.8 Å². The number of para-hydroxylation sites is 1. The molecule has 0 bridgehead atoms. The van der Waals surface area contributed by atoms with Crippen LogP contribution in [-0.4, -0.2) is 9.97 Å². The number of hydrogen-bond donors (Lipinski definition) is 1. The molecule has 0 amide bonds.